The molecule has 0 aromatic rings. The van der Waals surface area contributed by atoms with Crippen LogP contribution in [0, 0.1) is 11.8 Å². The largest absolute Gasteiger partial charge is 0.409 e. The molecule has 2 rings (SSSR count). The average molecular weight is 289 g/mol. The smallest absolute Gasteiger partial charge is 0.248 e. The molecule has 1 heterocycles. The molecule has 1 amide bonds. The number of nitrogens with zero attached hydrogens (tertiary/aromatic N) is 2. The lowest BCUT2D eigenvalue weighted by Gasteiger charge is -2.36. The monoisotopic (exact) mass is 289 g/mol. The third kappa shape index (κ3) is 3.37. The topological polar surface area (TPSA) is 78.9 Å². The van der Waals surface area contributed by atoms with E-state index in [9.17, 15) is 13.6 Å². The molecule has 114 valence electrons. The van der Waals surface area contributed by atoms with Gasteiger partial charge >= 0.3 is 0 Å². The van der Waals surface area contributed by atoms with Gasteiger partial charge in [0.05, 0.1) is 0 Å². The van der Waals surface area contributed by atoms with Crippen LogP contribution in [0.3, 0.4) is 0 Å². The Balaban J connectivity index is 1.83. The highest BCUT2D eigenvalue weighted by Gasteiger charge is 2.39. The van der Waals surface area contributed by atoms with Gasteiger partial charge in [-0.1, -0.05) is 5.16 Å². The summed E-state index contributed by atoms with van der Waals surface area (Å²) in [5.74, 6) is -2.68. The van der Waals surface area contributed by atoms with Crippen molar-refractivity contribution in [3.63, 3.8) is 0 Å². The number of rotatable bonds is 2. The SMILES string of the molecule is NC(=NO)C1CCN(C(=O)C2CCC(F)(F)CC2)CC1. The van der Waals surface area contributed by atoms with Crippen LogP contribution in [0.5, 0.6) is 0 Å². The zero-order chi connectivity index (χ0) is 14.8. The van der Waals surface area contributed by atoms with Crippen molar-refractivity contribution in [3.05, 3.63) is 0 Å². The van der Waals surface area contributed by atoms with Gasteiger partial charge in [0.2, 0.25) is 11.8 Å². The Morgan fingerprint density at radius 2 is 1.70 bits per heavy atom. The molecule has 0 atom stereocenters. The second kappa shape index (κ2) is 5.93. The average Bonchev–Trinajstić information content (AvgIpc) is 2.46. The number of nitrogens with two attached hydrogens (primary N) is 1. The molecule has 1 saturated carbocycles. The summed E-state index contributed by atoms with van der Waals surface area (Å²) in [6.07, 6.45) is 1.47. The summed E-state index contributed by atoms with van der Waals surface area (Å²) in [6.45, 7) is 1.10. The number of oxime groups is 1. The zero-order valence-electron chi connectivity index (χ0n) is 11.4. The Labute approximate surface area is 116 Å². The summed E-state index contributed by atoms with van der Waals surface area (Å²) in [7, 11) is 0. The van der Waals surface area contributed by atoms with Crippen LogP contribution in [0.1, 0.15) is 38.5 Å². The van der Waals surface area contributed by atoms with E-state index in [1.54, 1.807) is 4.90 Å². The van der Waals surface area contributed by atoms with Gasteiger partial charge in [0.25, 0.3) is 0 Å². The van der Waals surface area contributed by atoms with E-state index in [4.69, 9.17) is 10.9 Å². The van der Waals surface area contributed by atoms with E-state index in [0.29, 0.717) is 25.9 Å². The van der Waals surface area contributed by atoms with Gasteiger partial charge in [0.1, 0.15) is 5.84 Å². The van der Waals surface area contributed by atoms with Crippen molar-refractivity contribution < 1.29 is 18.8 Å². The highest BCUT2D eigenvalue weighted by molar-refractivity contribution is 5.83. The minimum absolute atomic E-state index is 0.000242. The van der Waals surface area contributed by atoms with Crippen LogP contribution in [0.4, 0.5) is 8.78 Å². The number of amides is 1. The predicted octanol–water partition coefficient (Wildman–Crippen LogP) is 1.80. The molecule has 0 radical (unpaired) electrons. The quantitative estimate of drug-likeness (QED) is 0.352. The number of carbonyl (C=O) groups is 1. The molecule has 0 aromatic heterocycles. The number of hydrogen-bond acceptors (Lipinski definition) is 3. The van der Waals surface area contributed by atoms with E-state index in [2.05, 4.69) is 5.16 Å². The fourth-order valence-corrected chi connectivity index (χ4v) is 3.02. The number of likely N-dealkylation sites (tertiary alicyclic amines) is 1. The van der Waals surface area contributed by atoms with Crippen molar-refractivity contribution in [1.29, 1.82) is 0 Å². The lowest BCUT2D eigenvalue weighted by Crippen LogP contribution is -2.45. The van der Waals surface area contributed by atoms with Gasteiger partial charge in [-0.15, -0.1) is 0 Å². The van der Waals surface area contributed by atoms with Gasteiger partial charge in [-0.05, 0) is 25.7 Å². The predicted molar refractivity (Wildman–Crippen MR) is 69.6 cm³/mol. The Hall–Kier alpha value is -1.40. The second-order valence-electron chi connectivity index (χ2n) is 5.75. The van der Waals surface area contributed by atoms with Crippen LogP contribution < -0.4 is 5.73 Å². The minimum atomic E-state index is -2.60. The molecule has 3 N–H and O–H groups in total. The summed E-state index contributed by atoms with van der Waals surface area (Å²) in [5, 5.41) is 11.6. The first-order chi connectivity index (χ1) is 9.43. The van der Waals surface area contributed by atoms with E-state index in [1.807, 2.05) is 0 Å². The van der Waals surface area contributed by atoms with Crippen LogP contribution in [-0.2, 0) is 4.79 Å². The first-order valence-corrected chi connectivity index (χ1v) is 7.07. The fourth-order valence-electron chi connectivity index (χ4n) is 3.02. The van der Waals surface area contributed by atoms with Gasteiger partial charge in [0, 0.05) is 37.8 Å². The van der Waals surface area contributed by atoms with Crippen molar-refractivity contribution in [2.45, 2.75) is 44.4 Å². The summed E-state index contributed by atoms with van der Waals surface area (Å²) in [5.41, 5.74) is 5.56. The summed E-state index contributed by atoms with van der Waals surface area (Å²) < 4.78 is 26.2. The van der Waals surface area contributed by atoms with Crippen molar-refractivity contribution in [2.24, 2.45) is 22.7 Å². The normalized spacial score (nSPS) is 25.7. The van der Waals surface area contributed by atoms with Crippen molar-refractivity contribution >= 4 is 11.7 Å². The van der Waals surface area contributed by atoms with Crippen LogP contribution in [0.2, 0.25) is 0 Å². The van der Waals surface area contributed by atoms with E-state index < -0.39 is 5.92 Å². The summed E-state index contributed by atoms with van der Waals surface area (Å²) in [4.78, 5) is 14.0. The maximum Gasteiger partial charge on any atom is 0.248 e. The summed E-state index contributed by atoms with van der Waals surface area (Å²) >= 11 is 0. The Bertz CT molecular complexity index is 383. The number of halogens is 2. The fraction of sp³-hybridized carbons (Fsp3) is 0.846. The third-order valence-electron chi connectivity index (χ3n) is 4.41. The van der Waals surface area contributed by atoms with Gasteiger partial charge in [0.15, 0.2) is 0 Å². The van der Waals surface area contributed by atoms with E-state index >= 15 is 0 Å². The molecule has 0 unspecified atom stereocenters. The lowest BCUT2D eigenvalue weighted by molar-refractivity contribution is -0.140. The Morgan fingerprint density at radius 3 is 2.20 bits per heavy atom. The summed E-state index contributed by atoms with van der Waals surface area (Å²) in [6, 6.07) is 0. The molecule has 7 heteroatoms. The van der Waals surface area contributed by atoms with Gasteiger partial charge in [-0.25, -0.2) is 8.78 Å². The lowest BCUT2D eigenvalue weighted by atomic mass is 9.85. The minimum Gasteiger partial charge on any atom is -0.409 e. The Kier molecular flexibility index (Phi) is 4.45. The maximum atomic E-state index is 13.1. The molecule has 0 bridgehead atoms. The molecule has 1 aliphatic carbocycles. The number of carbonyl (C=O) groups excluding carboxylic acids is 1. The number of hydrogen-bond donors (Lipinski definition) is 2. The standard InChI is InChI=1S/C13H21F2N3O2/c14-13(15)5-1-10(2-6-13)12(19)18-7-3-9(4-8-18)11(16)17-20/h9-10,20H,1-8H2,(H2,16,17). The van der Waals surface area contributed by atoms with Crippen LogP contribution in [0.25, 0.3) is 0 Å². The van der Waals surface area contributed by atoms with Crippen molar-refractivity contribution in [3.8, 4) is 0 Å². The van der Waals surface area contributed by atoms with Crippen LogP contribution in [0.15, 0.2) is 5.16 Å². The molecule has 5 nitrogen and oxygen atoms in total. The number of amidine groups is 1. The molecule has 0 spiro atoms. The molecular weight excluding hydrogens is 268 g/mol. The number of alkyl halides is 2. The molecule has 20 heavy (non-hydrogen) atoms. The van der Waals surface area contributed by atoms with Gasteiger partial charge < -0.3 is 15.8 Å². The van der Waals surface area contributed by atoms with Gasteiger partial charge in [-0.3, -0.25) is 4.79 Å². The van der Waals surface area contributed by atoms with Crippen molar-refractivity contribution in [2.75, 3.05) is 13.1 Å². The second-order valence-corrected chi connectivity index (χ2v) is 5.75. The van der Waals surface area contributed by atoms with E-state index in [-0.39, 0.29) is 49.3 Å². The highest BCUT2D eigenvalue weighted by Crippen LogP contribution is 2.37. The third-order valence-corrected chi connectivity index (χ3v) is 4.41. The van der Waals surface area contributed by atoms with E-state index in [0.717, 1.165) is 0 Å². The van der Waals surface area contributed by atoms with Crippen LogP contribution in [-0.4, -0.2) is 40.9 Å². The Morgan fingerprint density at radius 1 is 1.15 bits per heavy atom. The van der Waals surface area contributed by atoms with Crippen molar-refractivity contribution in [1.82, 2.24) is 4.90 Å². The molecule has 2 fully saturated rings. The van der Waals surface area contributed by atoms with Gasteiger partial charge in [-0.2, -0.15) is 0 Å². The maximum absolute atomic E-state index is 13.1. The molecule has 1 aliphatic heterocycles. The first-order valence-electron chi connectivity index (χ1n) is 7.07. The molecule has 1 saturated heterocycles. The number of piperidine rings is 1. The molecule has 2 aliphatic rings. The van der Waals surface area contributed by atoms with Crippen LogP contribution >= 0.6 is 0 Å². The molecular formula is C13H21F2N3O2. The highest BCUT2D eigenvalue weighted by atomic mass is 19.3. The zero-order valence-corrected chi connectivity index (χ0v) is 11.4. The van der Waals surface area contributed by atoms with E-state index in [1.165, 1.54) is 0 Å². The first kappa shape index (κ1) is 15.0. The molecule has 0 aromatic carbocycles.